The fraction of sp³-hybridized carbons (Fsp3) is 1.00. The quantitative estimate of drug-likeness (QED) is 0.644. The first-order valence-electron chi connectivity index (χ1n) is 5.83. The van der Waals surface area contributed by atoms with E-state index in [2.05, 4.69) is 12.2 Å². The minimum atomic E-state index is -0.776. The lowest BCUT2D eigenvalue weighted by Gasteiger charge is -2.23. The van der Waals surface area contributed by atoms with Gasteiger partial charge in [0.1, 0.15) is 0 Å². The van der Waals surface area contributed by atoms with Crippen LogP contribution >= 0.6 is 0 Å². The average Bonchev–Trinajstić information content (AvgIpc) is 2.54. The summed E-state index contributed by atoms with van der Waals surface area (Å²) in [5.41, 5.74) is 0. The molecule has 1 rings (SSSR count). The Hall–Kier alpha value is -0.120. The Morgan fingerprint density at radius 1 is 1.43 bits per heavy atom. The Balaban J connectivity index is 2.27. The van der Waals surface area contributed by atoms with Crippen LogP contribution in [0, 0.1) is 5.92 Å². The van der Waals surface area contributed by atoms with E-state index in [4.69, 9.17) is 4.74 Å². The van der Waals surface area contributed by atoms with Gasteiger partial charge in [0, 0.05) is 12.6 Å². The van der Waals surface area contributed by atoms with E-state index in [1.54, 1.807) is 0 Å². The lowest BCUT2D eigenvalue weighted by atomic mass is 9.98. The average molecular weight is 201 g/mol. The molecule has 0 spiro atoms. The molecule has 0 radical (unpaired) electrons. The molecule has 84 valence electrons. The SMILES string of the molecule is CCCC1CCCC1NC(O)OCC. The monoisotopic (exact) mass is 201 g/mol. The van der Waals surface area contributed by atoms with Crippen LogP contribution in [0.1, 0.15) is 46.0 Å². The molecule has 3 unspecified atom stereocenters. The third-order valence-electron chi connectivity index (χ3n) is 3.00. The summed E-state index contributed by atoms with van der Waals surface area (Å²) >= 11 is 0. The summed E-state index contributed by atoms with van der Waals surface area (Å²) in [7, 11) is 0. The first-order chi connectivity index (χ1) is 6.77. The number of aliphatic hydroxyl groups is 1. The number of hydrogen-bond donors (Lipinski definition) is 2. The molecule has 1 aliphatic carbocycles. The Kier molecular flexibility index (Phi) is 5.45. The van der Waals surface area contributed by atoms with Gasteiger partial charge in [-0.2, -0.15) is 0 Å². The van der Waals surface area contributed by atoms with Gasteiger partial charge in [-0.15, -0.1) is 0 Å². The predicted octanol–water partition coefficient (Wildman–Crippen LogP) is 1.86. The van der Waals surface area contributed by atoms with Crippen molar-refractivity contribution in [2.75, 3.05) is 6.61 Å². The van der Waals surface area contributed by atoms with Crippen LogP contribution < -0.4 is 5.32 Å². The van der Waals surface area contributed by atoms with E-state index < -0.39 is 6.41 Å². The van der Waals surface area contributed by atoms with Gasteiger partial charge in [0.25, 0.3) is 0 Å². The van der Waals surface area contributed by atoms with Crippen molar-refractivity contribution in [3.05, 3.63) is 0 Å². The Morgan fingerprint density at radius 3 is 2.86 bits per heavy atom. The highest BCUT2D eigenvalue weighted by Gasteiger charge is 2.27. The molecular formula is C11H23NO2. The molecule has 1 aliphatic rings. The van der Waals surface area contributed by atoms with Crippen molar-refractivity contribution in [3.8, 4) is 0 Å². The van der Waals surface area contributed by atoms with E-state index in [9.17, 15) is 5.11 Å². The Bertz CT molecular complexity index is 152. The zero-order chi connectivity index (χ0) is 10.4. The number of aliphatic hydroxyl groups excluding tert-OH is 1. The lowest BCUT2D eigenvalue weighted by molar-refractivity contribution is -0.124. The van der Waals surface area contributed by atoms with Gasteiger partial charge in [-0.25, -0.2) is 0 Å². The maximum absolute atomic E-state index is 9.46. The summed E-state index contributed by atoms with van der Waals surface area (Å²) in [4.78, 5) is 0. The van der Waals surface area contributed by atoms with Crippen LogP contribution in [0.15, 0.2) is 0 Å². The van der Waals surface area contributed by atoms with Crippen LogP contribution in [0.3, 0.4) is 0 Å². The Morgan fingerprint density at radius 2 is 2.21 bits per heavy atom. The third-order valence-corrected chi connectivity index (χ3v) is 3.00. The molecule has 0 aromatic rings. The van der Waals surface area contributed by atoms with Crippen LogP contribution in [0.4, 0.5) is 0 Å². The van der Waals surface area contributed by atoms with Crippen molar-refractivity contribution in [1.29, 1.82) is 0 Å². The normalized spacial score (nSPS) is 29.4. The molecule has 0 aliphatic heterocycles. The van der Waals surface area contributed by atoms with Crippen molar-refractivity contribution < 1.29 is 9.84 Å². The summed E-state index contributed by atoms with van der Waals surface area (Å²) in [5.74, 6) is 0.732. The number of nitrogens with one attached hydrogen (secondary N) is 1. The molecule has 3 atom stereocenters. The van der Waals surface area contributed by atoms with Gasteiger partial charge in [0.05, 0.1) is 0 Å². The maximum atomic E-state index is 9.46. The van der Waals surface area contributed by atoms with Crippen molar-refractivity contribution in [3.63, 3.8) is 0 Å². The predicted molar refractivity (Wildman–Crippen MR) is 56.8 cm³/mol. The van der Waals surface area contributed by atoms with E-state index in [-0.39, 0.29) is 0 Å². The molecule has 0 aromatic heterocycles. The zero-order valence-corrected chi connectivity index (χ0v) is 9.33. The zero-order valence-electron chi connectivity index (χ0n) is 9.33. The van der Waals surface area contributed by atoms with Gasteiger partial charge >= 0.3 is 0 Å². The van der Waals surface area contributed by atoms with Gasteiger partial charge < -0.3 is 9.84 Å². The second kappa shape index (κ2) is 6.38. The van der Waals surface area contributed by atoms with Crippen LogP contribution in [0.2, 0.25) is 0 Å². The molecule has 1 fully saturated rings. The molecule has 0 amide bonds. The summed E-state index contributed by atoms with van der Waals surface area (Å²) in [5, 5.41) is 12.6. The summed E-state index contributed by atoms with van der Waals surface area (Å²) in [6, 6.07) is 0.455. The van der Waals surface area contributed by atoms with Crippen LogP contribution in [-0.2, 0) is 4.74 Å². The Labute approximate surface area is 86.8 Å². The first kappa shape index (κ1) is 12.0. The van der Waals surface area contributed by atoms with Crippen molar-refractivity contribution >= 4 is 0 Å². The number of ether oxygens (including phenoxy) is 1. The molecule has 1 saturated carbocycles. The van der Waals surface area contributed by atoms with E-state index in [1.165, 1.54) is 32.1 Å². The fourth-order valence-corrected chi connectivity index (χ4v) is 2.36. The molecule has 0 saturated heterocycles. The van der Waals surface area contributed by atoms with E-state index in [0.29, 0.717) is 12.6 Å². The largest absolute Gasteiger partial charge is 0.356 e. The van der Waals surface area contributed by atoms with E-state index in [0.717, 1.165) is 5.92 Å². The number of rotatable bonds is 6. The lowest BCUT2D eigenvalue weighted by Crippen LogP contribution is -2.41. The van der Waals surface area contributed by atoms with Gasteiger partial charge in [0.15, 0.2) is 0 Å². The topological polar surface area (TPSA) is 41.5 Å². The third kappa shape index (κ3) is 3.56. The molecule has 0 bridgehead atoms. The van der Waals surface area contributed by atoms with Crippen LogP contribution in [0.25, 0.3) is 0 Å². The highest BCUT2D eigenvalue weighted by atomic mass is 16.6. The van der Waals surface area contributed by atoms with E-state index >= 15 is 0 Å². The minimum Gasteiger partial charge on any atom is -0.356 e. The van der Waals surface area contributed by atoms with Gasteiger partial charge in [-0.3, -0.25) is 5.32 Å². The van der Waals surface area contributed by atoms with Crippen LogP contribution in [-0.4, -0.2) is 24.2 Å². The highest BCUT2D eigenvalue weighted by molar-refractivity contribution is 4.82. The van der Waals surface area contributed by atoms with Gasteiger partial charge in [0.2, 0.25) is 6.41 Å². The molecule has 3 heteroatoms. The molecule has 2 N–H and O–H groups in total. The highest BCUT2D eigenvalue weighted by Crippen LogP contribution is 2.29. The summed E-state index contributed by atoms with van der Waals surface area (Å²) in [6.45, 7) is 4.66. The maximum Gasteiger partial charge on any atom is 0.213 e. The van der Waals surface area contributed by atoms with Crippen molar-refractivity contribution in [1.82, 2.24) is 5.32 Å². The molecule has 0 aromatic carbocycles. The van der Waals surface area contributed by atoms with Gasteiger partial charge in [-0.05, 0) is 32.1 Å². The van der Waals surface area contributed by atoms with E-state index in [1.807, 2.05) is 6.92 Å². The molecular weight excluding hydrogens is 178 g/mol. The second-order valence-electron chi connectivity index (χ2n) is 4.06. The van der Waals surface area contributed by atoms with Gasteiger partial charge in [-0.1, -0.05) is 19.8 Å². The fourth-order valence-electron chi connectivity index (χ4n) is 2.36. The molecule has 14 heavy (non-hydrogen) atoms. The summed E-state index contributed by atoms with van der Waals surface area (Å²) in [6.07, 6.45) is 5.46. The second-order valence-corrected chi connectivity index (χ2v) is 4.06. The first-order valence-corrected chi connectivity index (χ1v) is 5.83. The standard InChI is InChI=1S/C11H23NO2/c1-3-6-9-7-5-8-10(9)12-11(13)14-4-2/h9-13H,3-8H2,1-2H3. The molecule has 0 heterocycles. The van der Waals surface area contributed by atoms with Crippen molar-refractivity contribution in [2.24, 2.45) is 5.92 Å². The molecule has 3 nitrogen and oxygen atoms in total. The number of hydrogen-bond acceptors (Lipinski definition) is 3. The minimum absolute atomic E-state index is 0.455. The smallest absolute Gasteiger partial charge is 0.213 e. The van der Waals surface area contributed by atoms with Crippen LogP contribution in [0.5, 0.6) is 0 Å². The van der Waals surface area contributed by atoms with Crippen molar-refractivity contribution in [2.45, 2.75) is 58.4 Å². The summed E-state index contributed by atoms with van der Waals surface area (Å²) < 4.78 is 5.07.